The van der Waals surface area contributed by atoms with Crippen LogP contribution in [0.4, 0.5) is 0 Å². The van der Waals surface area contributed by atoms with Gasteiger partial charge in [0.05, 0.1) is 0 Å². The number of aryl methyl sites for hydroxylation is 2. The average Bonchev–Trinajstić information content (AvgIpc) is 2.47. The van der Waals surface area contributed by atoms with Crippen LogP contribution < -0.4 is 0 Å². The van der Waals surface area contributed by atoms with Crippen molar-refractivity contribution in [2.24, 2.45) is 0 Å². The Kier molecular flexibility index (Phi) is 3.21. The zero-order valence-electron chi connectivity index (χ0n) is 11.4. The molecule has 0 spiro atoms. The number of nitrogens with zero attached hydrogens (tertiary/aromatic N) is 4. The summed E-state index contributed by atoms with van der Waals surface area (Å²) in [4.78, 5) is 17.2. The van der Waals surface area contributed by atoms with Crippen LogP contribution in [0.15, 0.2) is 48.8 Å². The molecule has 20 heavy (non-hydrogen) atoms. The summed E-state index contributed by atoms with van der Waals surface area (Å²) in [6, 6.07) is 12.1. The molecule has 4 heteroatoms. The highest BCUT2D eigenvalue weighted by atomic mass is 15.0. The van der Waals surface area contributed by atoms with Crippen LogP contribution in [0.3, 0.4) is 0 Å². The molecule has 0 atom stereocenters. The Morgan fingerprint density at radius 3 is 2.15 bits per heavy atom. The standard InChI is InChI=1S/C16H14N4/c1-11-18-12(2)20-16(19-11)14-6-3-5-13(9-14)15-7-4-8-17-10-15/h3-10H,1-2H3. The van der Waals surface area contributed by atoms with Crippen LogP contribution in [0.1, 0.15) is 11.6 Å². The van der Waals surface area contributed by atoms with Gasteiger partial charge in [0, 0.05) is 23.5 Å². The van der Waals surface area contributed by atoms with Crippen molar-refractivity contribution in [3.8, 4) is 22.5 Å². The first-order valence-corrected chi connectivity index (χ1v) is 6.42. The number of pyridine rings is 1. The van der Waals surface area contributed by atoms with E-state index in [0.717, 1.165) is 28.3 Å². The van der Waals surface area contributed by atoms with Crippen LogP contribution in [0.2, 0.25) is 0 Å². The van der Waals surface area contributed by atoms with Crippen LogP contribution in [-0.2, 0) is 0 Å². The lowest BCUT2D eigenvalue weighted by atomic mass is 10.0. The summed E-state index contributed by atoms with van der Waals surface area (Å²) in [7, 11) is 0. The van der Waals surface area contributed by atoms with E-state index in [-0.39, 0.29) is 0 Å². The molecular formula is C16H14N4. The maximum atomic E-state index is 4.40. The fourth-order valence-electron chi connectivity index (χ4n) is 2.12. The molecule has 98 valence electrons. The van der Waals surface area contributed by atoms with Gasteiger partial charge in [-0.1, -0.05) is 24.3 Å². The molecule has 2 heterocycles. The highest BCUT2D eigenvalue weighted by Crippen LogP contribution is 2.23. The van der Waals surface area contributed by atoms with Gasteiger partial charge in [-0.3, -0.25) is 4.98 Å². The first-order chi connectivity index (χ1) is 9.72. The minimum atomic E-state index is 0.709. The predicted molar refractivity (Wildman–Crippen MR) is 78.0 cm³/mol. The smallest absolute Gasteiger partial charge is 0.163 e. The van der Waals surface area contributed by atoms with Gasteiger partial charge in [0.15, 0.2) is 5.82 Å². The van der Waals surface area contributed by atoms with Crippen molar-refractivity contribution < 1.29 is 0 Å². The van der Waals surface area contributed by atoms with Crippen molar-refractivity contribution in [3.63, 3.8) is 0 Å². The molecule has 0 saturated heterocycles. The summed E-state index contributed by atoms with van der Waals surface area (Å²) in [6.45, 7) is 3.76. The summed E-state index contributed by atoms with van der Waals surface area (Å²) in [5, 5.41) is 0. The van der Waals surface area contributed by atoms with Gasteiger partial charge in [-0.25, -0.2) is 15.0 Å². The van der Waals surface area contributed by atoms with Crippen molar-refractivity contribution in [1.29, 1.82) is 0 Å². The van der Waals surface area contributed by atoms with Gasteiger partial charge < -0.3 is 0 Å². The van der Waals surface area contributed by atoms with E-state index < -0.39 is 0 Å². The monoisotopic (exact) mass is 262 g/mol. The lowest BCUT2D eigenvalue weighted by Gasteiger charge is -2.05. The second kappa shape index (κ2) is 5.17. The van der Waals surface area contributed by atoms with E-state index in [1.54, 1.807) is 6.20 Å². The Labute approximate surface area is 117 Å². The van der Waals surface area contributed by atoms with E-state index >= 15 is 0 Å². The molecule has 0 N–H and O–H groups in total. The van der Waals surface area contributed by atoms with Crippen LogP contribution in [0.25, 0.3) is 22.5 Å². The lowest BCUT2D eigenvalue weighted by Crippen LogP contribution is -1.98. The number of hydrogen-bond acceptors (Lipinski definition) is 4. The quantitative estimate of drug-likeness (QED) is 0.711. The third kappa shape index (κ3) is 2.54. The minimum absolute atomic E-state index is 0.709. The maximum absolute atomic E-state index is 4.40. The van der Waals surface area contributed by atoms with Gasteiger partial charge in [0.1, 0.15) is 11.6 Å². The zero-order chi connectivity index (χ0) is 13.9. The van der Waals surface area contributed by atoms with Crippen molar-refractivity contribution >= 4 is 0 Å². The van der Waals surface area contributed by atoms with E-state index in [0.29, 0.717) is 5.82 Å². The second-order valence-electron chi connectivity index (χ2n) is 4.58. The summed E-state index contributed by atoms with van der Waals surface area (Å²) >= 11 is 0. The van der Waals surface area contributed by atoms with Crippen LogP contribution in [0.5, 0.6) is 0 Å². The van der Waals surface area contributed by atoms with Crippen molar-refractivity contribution in [3.05, 3.63) is 60.4 Å². The first kappa shape index (κ1) is 12.4. The van der Waals surface area contributed by atoms with Gasteiger partial charge in [-0.15, -0.1) is 0 Å². The summed E-state index contributed by atoms with van der Waals surface area (Å²) in [6.07, 6.45) is 3.62. The molecule has 0 bridgehead atoms. The van der Waals surface area contributed by atoms with Gasteiger partial charge >= 0.3 is 0 Å². The normalized spacial score (nSPS) is 10.5. The lowest BCUT2D eigenvalue weighted by molar-refractivity contribution is 0.928. The third-order valence-electron chi connectivity index (χ3n) is 2.97. The van der Waals surface area contributed by atoms with Gasteiger partial charge in [0.25, 0.3) is 0 Å². The fourth-order valence-corrected chi connectivity index (χ4v) is 2.12. The molecule has 0 saturated carbocycles. The van der Waals surface area contributed by atoms with E-state index in [4.69, 9.17) is 0 Å². The van der Waals surface area contributed by atoms with E-state index in [9.17, 15) is 0 Å². The van der Waals surface area contributed by atoms with Crippen molar-refractivity contribution in [2.75, 3.05) is 0 Å². The SMILES string of the molecule is Cc1nc(C)nc(-c2cccc(-c3cccnc3)c2)n1. The van der Waals surface area contributed by atoms with Gasteiger partial charge in [-0.2, -0.15) is 0 Å². The van der Waals surface area contributed by atoms with Crippen molar-refractivity contribution in [1.82, 2.24) is 19.9 Å². The molecular weight excluding hydrogens is 248 g/mol. The Bertz CT molecular complexity index is 718. The maximum Gasteiger partial charge on any atom is 0.163 e. The van der Waals surface area contributed by atoms with Gasteiger partial charge in [-0.05, 0) is 31.5 Å². The summed E-state index contributed by atoms with van der Waals surface area (Å²) < 4.78 is 0. The third-order valence-corrected chi connectivity index (χ3v) is 2.97. The number of hydrogen-bond donors (Lipinski definition) is 0. The number of rotatable bonds is 2. The molecule has 0 aliphatic rings. The molecule has 0 aliphatic heterocycles. The Morgan fingerprint density at radius 2 is 1.45 bits per heavy atom. The molecule has 3 rings (SSSR count). The molecule has 1 aromatic carbocycles. The highest BCUT2D eigenvalue weighted by Gasteiger charge is 2.06. The number of aromatic nitrogens is 4. The van der Waals surface area contributed by atoms with Gasteiger partial charge in [0.2, 0.25) is 0 Å². The predicted octanol–water partition coefficient (Wildman–Crippen LogP) is 3.22. The first-order valence-electron chi connectivity index (χ1n) is 6.42. The fraction of sp³-hybridized carbons (Fsp3) is 0.125. The molecule has 0 fully saturated rings. The van der Waals surface area contributed by atoms with E-state index in [1.807, 2.05) is 44.3 Å². The second-order valence-corrected chi connectivity index (χ2v) is 4.58. The van der Waals surface area contributed by atoms with Crippen LogP contribution >= 0.6 is 0 Å². The van der Waals surface area contributed by atoms with Crippen molar-refractivity contribution in [2.45, 2.75) is 13.8 Å². The Morgan fingerprint density at radius 1 is 0.750 bits per heavy atom. The summed E-state index contributed by atoms with van der Waals surface area (Å²) in [5.74, 6) is 2.18. The molecule has 0 unspecified atom stereocenters. The highest BCUT2D eigenvalue weighted by molar-refractivity contribution is 5.69. The average molecular weight is 262 g/mol. The Hall–Kier alpha value is -2.62. The van der Waals surface area contributed by atoms with E-state index in [2.05, 4.69) is 32.1 Å². The molecule has 0 aliphatic carbocycles. The molecule has 0 amide bonds. The molecule has 2 aromatic heterocycles. The number of benzene rings is 1. The Balaban J connectivity index is 2.07. The molecule has 4 nitrogen and oxygen atoms in total. The van der Waals surface area contributed by atoms with Crippen LogP contribution in [0, 0.1) is 13.8 Å². The van der Waals surface area contributed by atoms with E-state index in [1.165, 1.54) is 0 Å². The summed E-state index contributed by atoms with van der Waals surface area (Å²) in [5.41, 5.74) is 3.17. The topological polar surface area (TPSA) is 51.6 Å². The largest absolute Gasteiger partial charge is 0.264 e. The molecule has 3 aromatic rings. The minimum Gasteiger partial charge on any atom is -0.264 e. The molecule has 0 radical (unpaired) electrons. The zero-order valence-corrected chi connectivity index (χ0v) is 11.4. The van der Waals surface area contributed by atoms with Crippen LogP contribution in [-0.4, -0.2) is 19.9 Å².